The fourth-order valence-corrected chi connectivity index (χ4v) is 1.43. The fraction of sp³-hybridized carbons (Fsp3) is 0.864. The van der Waals surface area contributed by atoms with Gasteiger partial charge in [0.05, 0.1) is 0 Å². The van der Waals surface area contributed by atoms with Gasteiger partial charge in [-0.15, -0.1) is 0 Å². The van der Waals surface area contributed by atoms with Crippen LogP contribution in [0.2, 0.25) is 0 Å². The molecule has 0 aromatic heterocycles. The molecule has 162 valence electrons. The van der Waals surface area contributed by atoms with Crippen molar-refractivity contribution in [3.8, 4) is 0 Å². The van der Waals surface area contributed by atoms with Crippen LogP contribution in [0.5, 0.6) is 0 Å². The van der Waals surface area contributed by atoms with Gasteiger partial charge in [-0.1, -0.05) is 70.7 Å². The second-order valence-corrected chi connectivity index (χ2v) is 6.54. The third kappa shape index (κ3) is 38.4. The van der Waals surface area contributed by atoms with Crippen molar-refractivity contribution in [1.82, 2.24) is 5.32 Å². The molecule has 1 amide bonds. The summed E-state index contributed by atoms with van der Waals surface area (Å²) in [6, 6.07) is 0.280. The van der Waals surface area contributed by atoms with E-state index < -0.39 is 0 Å². The first-order chi connectivity index (χ1) is 10.5. The summed E-state index contributed by atoms with van der Waals surface area (Å²) in [7, 11) is 0. The highest BCUT2D eigenvalue weighted by Gasteiger charge is 2.01. The van der Waals surface area contributed by atoms with Crippen LogP contribution in [-0.2, 0) is 14.4 Å². The zero-order valence-corrected chi connectivity index (χ0v) is 16.8. The highest BCUT2D eigenvalue weighted by molar-refractivity contribution is 5.79. The number of carbonyl (C=O) groups is 3. The summed E-state index contributed by atoms with van der Waals surface area (Å²) in [5.41, 5.74) is 0. The van der Waals surface area contributed by atoms with Crippen molar-refractivity contribution < 1.29 is 14.4 Å². The average molecular weight is 378 g/mol. The van der Waals surface area contributed by atoms with Crippen LogP contribution >= 0.6 is 0 Å². The average Bonchev–Trinajstić information content (AvgIpc) is 2.45. The van der Waals surface area contributed by atoms with E-state index in [1.807, 2.05) is 48.5 Å². The van der Waals surface area contributed by atoms with Crippen molar-refractivity contribution in [3.63, 3.8) is 0 Å². The van der Waals surface area contributed by atoms with Crippen LogP contribution in [0.15, 0.2) is 0 Å². The van der Waals surface area contributed by atoms with Gasteiger partial charge in [-0.3, -0.25) is 14.4 Å². The van der Waals surface area contributed by atoms with Crippen LogP contribution < -0.4 is 5.32 Å². The van der Waals surface area contributed by atoms with E-state index in [2.05, 4.69) is 19.2 Å². The van der Waals surface area contributed by atoms with E-state index in [9.17, 15) is 14.4 Å². The van der Waals surface area contributed by atoms with Gasteiger partial charge in [0.2, 0.25) is 5.91 Å². The molecule has 0 unspecified atom stereocenters. The lowest BCUT2D eigenvalue weighted by atomic mass is 10.1. The molecule has 0 bridgehead atoms. The normalized spacial score (nSPS) is 8.62. The molecule has 0 radical (unpaired) electrons. The molecule has 0 saturated carbocycles. The first-order valence-corrected chi connectivity index (χ1v) is 8.85. The van der Waals surface area contributed by atoms with Crippen LogP contribution in [0.1, 0.15) is 110 Å². The molecule has 0 spiro atoms. The minimum absolute atomic E-state index is 0. The van der Waals surface area contributed by atoms with Gasteiger partial charge in [-0.05, 0) is 19.8 Å². The number of rotatable bonds is 7. The zero-order valence-electron chi connectivity index (χ0n) is 16.8. The van der Waals surface area contributed by atoms with Crippen LogP contribution in [0.3, 0.4) is 0 Å². The maximum Gasteiger partial charge on any atom is 0.219 e. The molecule has 0 aliphatic heterocycles. The largest absolute Gasteiger partial charge is 0.354 e. The van der Waals surface area contributed by atoms with Gasteiger partial charge in [0.1, 0.15) is 11.6 Å². The summed E-state index contributed by atoms with van der Waals surface area (Å²) in [4.78, 5) is 31.6. The van der Waals surface area contributed by atoms with Crippen molar-refractivity contribution in [3.05, 3.63) is 0 Å². The molecule has 4 nitrogen and oxygen atoms in total. The molecule has 0 saturated heterocycles. The van der Waals surface area contributed by atoms with Crippen LogP contribution in [0.4, 0.5) is 0 Å². The Labute approximate surface area is 165 Å². The number of amides is 1. The SMILES string of the molecule is C.C.C.CCC(=O)C(C)C.CCC(=O)CC(C)C.CCC(=O)NC(C)C. The predicted octanol–water partition coefficient (Wildman–Crippen LogP) is 6.46. The number of ketones is 2. The predicted molar refractivity (Wildman–Crippen MR) is 119 cm³/mol. The molecular weight excluding hydrogens is 326 g/mol. The van der Waals surface area contributed by atoms with Crippen molar-refractivity contribution in [1.29, 1.82) is 0 Å². The van der Waals surface area contributed by atoms with E-state index >= 15 is 0 Å². The van der Waals surface area contributed by atoms with Crippen molar-refractivity contribution >= 4 is 17.5 Å². The molecule has 0 rings (SSSR count). The van der Waals surface area contributed by atoms with Crippen molar-refractivity contribution in [2.24, 2.45) is 11.8 Å². The Balaban J connectivity index is -0.0000000547. The van der Waals surface area contributed by atoms with Gasteiger partial charge >= 0.3 is 0 Å². The third-order valence-electron chi connectivity index (χ3n) is 2.79. The van der Waals surface area contributed by atoms with Crippen LogP contribution in [0.25, 0.3) is 0 Å². The Morgan fingerprint density at radius 2 is 1.15 bits per heavy atom. The monoisotopic (exact) mass is 377 g/mol. The Morgan fingerprint density at radius 1 is 0.731 bits per heavy atom. The minimum Gasteiger partial charge on any atom is -0.354 e. The van der Waals surface area contributed by atoms with Gasteiger partial charge in [-0.25, -0.2) is 0 Å². The Bertz CT molecular complexity index is 299. The first kappa shape index (κ1) is 39.8. The lowest BCUT2D eigenvalue weighted by Gasteiger charge is -2.04. The molecule has 0 fully saturated rings. The quantitative estimate of drug-likeness (QED) is 0.553. The number of carbonyl (C=O) groups excluding carboxylic acids is 3. The maximum absolute atomic E-state index is 10.6. The fourth-order valence-electron chi connectivity index (χ4n) is 1.43. The molecule has 26 heavy (non-hydrogen) atoms. The highest BCUT2D eigenvalue weighted by Crippen LogP contribution is 2.01. The Morgan fingerprint density at radius 3 is 1.23 bits per heavy atom. The minimum atomic E-state index is 0. The molecule has 0 aromatic rings. The summed E-state index contributed by atoms with van der Waals surface area (Å²) < 4.78 is 0. The summed E-state index contributed by atoms with van der Waals surface area (Å²) >= 11 is 0. The van der Waals surface area contributed by atoms with Gasteiger partial charge in [0.15, 0.2) is 0 Å². The van der Waals surface area contributed by atoms with E-state index in [-0.39, 0.29) is 40.1 Å². The summed E-state index contributed by atoms with van der Waals surface area (Å²) in [6.07, 6.45) is 2.70. The standard InChI is InChI=1S/C7H14O.C6H13NO.C6H12O.3CH4/c1-4-7(8)5-6(2)3;1-4-6(8)7-5(2)3;1-4-6(7)5(2)3;;;/h6H,4-5H2,1-3H3;5H,4H2,1-3H3,(H,7,8);5H,4H2,1-3H3;3*1H4. The molecule has 1 N–H and O–H groups in total. The van der Waals surface area contributed by atoms with Crippen molar-refractivity contribution in [2.45, 2.75) is 116 Å². The van der Waals surface area contributed by atoms with Crippen LogP contribution in [-0.4, -0.2) is 23.5 Å². The third-order valence-corrected chi connectivity index (χ3v) is 2.79. The smallest absolute Gasteiger partial charge is 0.219 e. The Kier molecular flexibility index (Phi) is 39.8. The van der Waals surface area contributed by atoms with E-state index in [0.29, 0.717) is 36.7 Å². The highest BCUT2D eigenvalue weighted by atomic mass is 16.1. The summed E-state index contributed by atoms with van der Waals surface area (Å²) in [6.45, 7) is 17.5. The number of nitrogens with one attached hydrogen (secondary N) is 1. The number of Topliss-reactive ketones (excluding diaryl/α,β-unsaturated/α-hetero) is 2. The van der Waals surface area contributed by atoms with Gasteiger partial charge in [0, 0.05) is 37.6 Å². The maximum atomic E-state index is 10.6. The van der Waals surface area contributed by atoms with Gasteiger partial charge in [-0.2, -0.15) is 0 Å². The number of hydrogen-bond donors (Lipinski definition) is 1. The molecule has 0 aromatic carbocycles. The van der Waals surface area contributed by atoms with E-state index in [1.165, 1.54) is 0 Å². The topological polar surface area (TPSA) is 63.2 Å². The Hall–Kier alpha value is -1.19. The molecular formula is C22H51NO3. The second kappa shape index (κ2) is 26.0. The van der Waals surface area contributed by atoms with E-state index in [1.54, 1.807) is 0 Å². The second-order valence-electron chi connectivity index (χ2n) is 6.54. The zero-order chi connectivity index (χ0) is 19.0. The molecule has 0 aliphatic rings. The molecule has 0 atom stereocenters. The van der Waals surface area contributed by atoms with Gasteiger partial charge in [0.25, 0.3) is 0 Å². The van der Waals surface area contributed by atoms with E-state index in [0.717, 1.165) is 6.42 Å². The van der Waals surface area contributed by atoms with Gasteiger partial charge < -0.3 is 5.32 Å². The lowest BCUT2D eigenvalue weighted by Crippen LogP contribution is -2.29. The number of hydrogen-bond acceptors (Lipinski definition) is 3. The molecule has 4 heteroatoms. The lowest BCUT2D eigenvalue weighted by molar-refractivity contribution is -0.122. The van der Waals surface area contributed by atoms with Crippen LogP contribution in [0, 0.1) is 11.8 Å². The molecule has 0 heterocycles. The van der Waals surface area contributed by atoms with Crippen molar-refractivity contribution in [2.75, 3.05) is 0 Å². The molecule has 0 aliphatic carbocycles. The summed E-state index contributed by atoms with van der Waals surface area (Å²) in [5, 5.41) is 2.75. The first-order valence-electron chi connectivity index (χ1n) is 8.85. The van der Waals surface area contributed by atoms with E-state index in [4.69, 9.17) is 0 Å². The summed E-state index contributed by atoms with van der Waals surface area (Å²) in [5.74, 6) is 1.60.